The summed E-state index contributed by atoms with van der Waals surface area (Å²) in [7, 11) is 3.29. The van der Waals surface area contributed by atoms with Crippen LogP contribution in [0.5, 0.6) is 0 Å². The van der Waals surface area contributed by atoms with Crippen molar-refractivity contribution >= 4 is 23.3 Å². The summed E-state index contributed by atoms with van der Waals surface area (Å²) < 4.78 is 0. The standard InChI is InChI=1S/C19H25N3O3S/c1-18(2,25)8-7-14-5-6-15(26-14)13-22-11-9-19(10-12-22)16(23)20(3)17(24)21(19)4/h5-6,25H,9-13H2,1-4H3. The van der Waals surface area contributed by atoms with Crippen LogP contribution >= 0.6 is 11.3 Å². The molecule has 0 atom stereocenters. The van der Waals surface area contributed by atoms with Crippen LogP contribution < -0.4 is 0 Å². The van der Waals surface area contributed by atoms with Gasteiger partial charge in [-0.15, -0.1) is 11.3 Å². The molecule has 0 unspecified atom stereocenters. The van der Waals surface area contributed by atoms with E-state index in [9.17, 15) is 14.7 Å². The highest BCUT2D eigenvalue weighted by Gasteiger charge is 2.55. The summed E-state index contributed by atoms with van der Waals surface area (Å²) in [6.07, 6.45) is 1.32. The minimum Gasteiger partial charge on any atom is -0.378 e. The van der Waals surface area contributed by atoms with Gasteiger partial charge in [-0.2, -0.15) is 0 Å². The summed E-state index contributed by atoms with van der Waals surface area (Å²) in [5.74, 6) is 5.76. The summed E-state index contributed by atoms with van der Waals surface area (Å²) in [5, 5.41) is 9.69. The van der Waals surface area contributed by atoms with E-state index in [1.807, 2.05) is 6.07 Å². The predicted octanol–water partition coefficient (Wildman–Crippen LogP) is 1.73. The molecule has 3 rings (SSSR count). The van der Waals surface area contributed by atoms with Gasteiger partial charge in [0.1, 0.15) is 11.1 Å². The SMILES string of the molecule is CN1C(=O)N(C)C2(CCN(Cc3ccc(C#CC(C)(C)O)s3)CC2)C1=O. The van der Waals surface area contributed by atoms with E-state index in [0.29, 0.717) is 12.8 Å². The fourth-order valence-corrected chi connectivity index (χ4v) is 4.45. The molecule has 2 saturated heterocycles. The van der Waals surface area contributed by atoms with Crippen molar-refractivity contribution in [2.75, 3.05) is 27.2 Å². The number of thiophene rings is 1. The van der Waals surface area contributed by atoms with Gasteiger partial charge in [0.05, 0.1) is 4.88 Å². The van der Waals surface area contributed by atoms with E-state index in [0.717, 1.165) is 24.5 Å². The molecule has 3 heterocycles. The molecule has 2 aliphatic heterocycles. The van der Waals surface area contributed by atoms with Crippen LogP contribution in [-0.4, -0.2) is 70.1 Å². The molecule has 2 aliphatic rings. The second-order valence-electron chi connectivity index (χ2n) is 7.59. The van der Waals surface area contributed by atoms with Crippen molar-refractivity contribution in [2.24, 2.45) is 0 Å². The normalized spacial score (nSPS) is 20.7. The topological polar surface area (TPSA) is 64.1 Å². The molecule has 3 amide bonds. The molecule has 1 N–H and O–H groups in total. The molecule has 1 spiro atoms. The van der Waals surface area contributed by atoms with Crippen LogP contribution in [0, 0.1) is 11.8 Å². The number of aliphatic hydroxyl groups is 1. The zero-order valence-corrected chi connectivity index (χ0v) is 16.5. The first-order valence-electron chi connectivity index (χ1n) is 8.75. The van der Waals surface area contributed by atoms with Gasteiger partial charge in [-0.1, -0.05) is 11.8 Å². The van der Waals surface area contributed by atoms with Gasteiger partial charge in [-0.25, -0.2) is 4.79 Å². The average Bonchev–Trinajstić information content (AvgIpc) is 3.10. The number of imide groups is 1. The lowest BCUT2D eigenvalue weighted by Crippen LogP contribution is -2.55. The highest BCUT2D eigenvalue weighted by Crippen LogP contribution is 2.36. The van der Waals surface area contributed by atoms with Crippen LogP contribution in [0.1, 0.15) is 36.4 Å². The Hall–Kier alpha value is -1.88. The Bertz CT molecular complexity index is 776. The lowest BCUT2D eigenvalue weighted by Gasteiger charge is -2.40. The molecule has 0 saturated carbocycles. The summed E-state index contributed by atoms with van der Waals surface area (Å²) >= 11 is 1.63. The Balaban J connectivity index is 1.61. The van der Waals surface area contributed by atoms with Crippen molar-refractivity contribution in [3.63, 3.8) is 0 Å². The van der Waals surface area contributed by atoms with Crippen LogP contribution in [0.2, 0.25) is 0 Å². The second kappa shape index (κ2) is 6.69. The first-order valence-corrected chi connectivity index (χ1v) is 9.57. The monoisotopic (exact) mass is 375 g/mol. The number of piperidine rings is 1. The molecule has 140 valence electrons. The van der Waals surface area contributed by atoms with Crippen molar-refractivity contribution in [3.05, 3.63) is 21.9 Å². The van der Waals surface area contributed by atoms with Crippen LogP contribution in [0.3, 0.4) is 0 Å². The van der Waals surface area contributed by atoms with E-state index in [1.165, 1.54) is 9.78 Å². The molecule has 0 aliphatic carbocycles. The van der Waals surface area contributed by atoms with E-state index in [-0.39, 0.29) is 11.9 Å². The van der Waals surface area contributed by atoms with Crippen molar-refractivity contribution < 1.29 is 14.7 Å². The van der Waals surface area contributed by atoms with Gasteiger partial charge in [0.2, 0.25) is 0 Å². The molecule has 0 aromatic carbocycles. The van der Waals surface area contributed by atoms with Crippen molar-refractivity contribution in [1.82, 2.24) is 14.7 Å². The smallest absolute Gasteiger partial charge is 0.327 e. The van der Waals surface area contributed by atoms with Crippen molar-refractivity contribution in [2.45, 2.75) is 44.4 Å². The van der Waals surface area contributed by atoms with Gasteiger partial charge in [0.15, 0.2) is 0 Å². The number of rotatable bonds is 2. The average molecular weight is 375 g/mol. The van der Waals surface area contributed by atoms with E-state index in [2.05, 4.69) is 22.8 Å². The van der Waals surface area contributed by atoms with E-state index < -0.39 is 11.1 Å². The summed E-state index contributed by atoms with van der Waals surface area (Å²) in [6.45, 7) is 5.70. The maximum atomic E-state index is 12.5. The van der Waals surface area contributed by atoms with Gasteiger partial charge in [-0.3, -0.25) is 14.6 Å². The number of urea groups is 1. The Kier molecular flexibility index (Phi) is 4.86. The number of likely N-dealkylation sites (N-methyl/N-ethyl adjacent to an activating group) is 2. The summed E-state index contributed by atoms with van der Waals surface area (Å²) in [4.78, 5) is 31.9. The molecule has 1 aromatic rings. The van der Waals surface area contributed by atoms with Crippen LogP contribution in [0.25, 0.3) is 0 Å². The third kappa shape index (κ3) is 3.50. The molecule has 26 heavy (non-hydrogen) atoms. The largest absolute Gasteiger partial charge is 0.378 e. The number of carbonyl (C=O) groups is 2. The minimum atomic E-state index is -0.990. The van der Waals surface area contributed by atoms with Gasteiger partial charge in [0, 0.05) is 38.6 Å². The molecule has 0 bridgehead atoms. The lowest BCUT2D eigenvalue weighted by molar-refractivity contribution is -0.134. The summed E-state index contributed by atoms with van der Waals surface area (Å²) in [5.41, 5.74) is -1.66. The third-order valence-corrected chi connectivity index (χ3v) is 6.12. The molecular weight excluding hydrogens is 350 g/mol. The first-order chi connectivity index (χ1) is 12.1. The highest BCUT2D eigenvalue weighted by molar-refractivity contribution is 7.12. The molecule has 7 heteroatoms. The summed E-state index contributed by atoms with van der Waals surface area (Å²) in [6, 6.07) is 3.83. The van der Waals surface area contributed by atoms with Gasteiger partial charge in [-0.05, 0) is 38.8 Å². The Morgan fingerprint density at radius 1 is 1.23 bits per heavy atom. The van der Waals surface area contributed by atoms with Crippen LogP contribution in [0.15, 0.2) is 12.1 Å². The van der Waals surface area contributed by atoms with Crippen molar-refractivity contribution in [1.29, 1.82) is 0 Å². The Morgan fingerprint density at radius 2 is 1.88 bits per heavy atom. The zero-order valence-electron chi connectivity index (χ0n) is 15.7. The fourth-order valence-electron chi connectivity index (χ4n) is 3.55. The molecule has 2 fully saturated rings. The van der Waals surface area contributed by atoms with E-state index in [4.69, 9.17) is 0 Å². The second-order valence-corrected chi connectivity index (χ2v) is 8.76. The number of hydrogen-bond acceptors (Lipinski definition) is 5. The third-order valence-electron chi connectivity index (χ3n) is 5.13. The predicted molar refractivity (Wildman–Crippen MR) is 101 cm³/mol. The molecule has 1 aromatic heterocycles. The zero-order chi connectivity index (χ0) is 19.1. The highest BCUT2D eigenvalue weighted by atomic mass is 32.1. The lowest BCUT2D eigenvalue weighted by atomic mass is 9.86. The van der Waals surface area contributed by atoms with Crippen molar-refractivity contribution in [3.8, 4) is 11.8 Å². The molecule has 6 nitrogen and oxygen atoms in total. The number of nitrogens with zero attached hydrogens (tertiary/aromatic N) is 3. The Morgan fingerprint density at radius 3 is 2.42 bits per heavy atom. The molecule has 0 radical (unpaired) electrons. The number of amides is 3. The Labute approximate surface area is 158 Å². The maximum absolute atomic E-state index is 12.5. The molecular formula is C19H25N3O3S. The van der Waals surface area contributed by atoms with Crippen LogP contribution in [0.4, 0.5) is 4.79 Å². The fraction of sp³-hybridized carbons (Fsp3) is 0.579. The number of likely N-dealkylation sites (tertiary alicyclic amines) is 1. The minimum absolute atomic E-state index is 0.0787. The van der Waals surface area contributed by atoms with Gasteiger partial charge < -0.3 is 10.0 Å². The van der Waals surface area contributed by atoms with E-state index >= 15 is 0 Å². The van der Waals surface area contributed by atoms with E-state index in [1.54, 1.807) is 44.2 Å². The van der Waals surface area contributed by atoms with Gasteiger partial charge in [0.25, 0.3) is 5.91 Å². The number of hydrogen-bond donors (Lipinski definition) is 1. The maximum Gasteiger partial charge on any atom is 0.327 e. The van der Waals surface area contributed by atoms with Crippen LogP contribution in [-0.2, 0) is 11.3 Å². The first kappa shape index (κ1) is 18.9. The van der Waals surface area contributed by atoms with Gasteiger partial charge >= 0.3 is 6.03 Å². The quantitative estimate of drug-likeness (QED) is 0.632. The number of carbonyl (C=O) groups excluding carboxylic acids is 2.